The van der Waals surface area contributed by atoms with Crippen LogP contribution in [0.1, 0.15) is 149 Å². The van der Waals surface area contributed by atoms with E-state index >= 15 is 0 Å². The summed E-state index contributed by atoms with van der Waals surface area (Å²) in [6, 6.07) is 35.6. The maximum absolute atomic E-state index is 13.0. The molecule has 22 heteroatoms. The van der Waals surface area contributed by atoms with Crippen molar-refractivity contribution in [3.05, 3.63) is 164 Å². The molecule has 4 aromatic carbocycles. The summed E-state index contributed by atoms with van der Waals surface area (Å²) in [7, 11) is 0. The Kier molecular flexibility index (Phi) is 27.7. The molecule has 0 spiro atoms. The standard InChI is InChI=1S/C78H96N10O10S2/c89-73-33-29-59-27-31-61(95-49-17-15-39-83-41-45-85(46-42-83)67-21-19-23-71-63(67)35-51-99-71)53-69(59)87(73)57-97-75(91)25-11-7-3-1-5-9-13-37-79-77(93)65-55-82-66(56-81-65)78(94)80-38-14-10-6-2-4-8-12-26-76(92)98-58-88-70-54-62(32-28-60(70)30-34-74(88)90)96-50-18-16-40-84-43-47-86(48-44-84)68-22-20-24-72-64(68)36-52-100-72/h19-24,27-36,51-56H,1-18,25-26,37-50,57-58H2,(H,79,93)(H,80,94). The van der Waals surface area contributed by atoms with Crippen LogP contribution >= 0.6 is 22.7 Å². The van der Waals surface area contributed by atoms with E-state index in [0.717, 1.165) is 179 Å². The molecule has 5 aromatic heterocycles. The predicted molar refractivity (Wildman–Crippen MR) is 400 cm³/mol. The lowest BCUT2D eigenvalue weighted by Gasteiger charge is -2.36. The largest absolute Gasteiger partial charge is 0.494 e. The number of carbonyl (C=O) groups is 4. The van der Waals surface area contributed by atoms with Crippen LogP contribution in [0.15, 0.2) is 142 Å². The minimum absolute atomic E-state index is 0.149. The third-order valence-electron chi connectivity index (χ3n) is 19.1. The second-order valence-electron chi connectivity index (χ2n) is 26.2. The molecule has 20 nitrogen and oxygen atoms in total. The molecule has 9 aromatic rings. The number of pyridine rings is 2. The van der Waals surface area contributed by atoms with Crippen molar-refractivity contribution in [1.82, 2.24) is 39.5 Å². The van der Waals surface area contributed by atoms with E-state index in [2.05, 4.69) is 99.5 Å². The molecule has 2 fully saturated rings. The van der Waals surface area contributed by atoms with Gasteiger partial charge in [0.15, 0.2) is 13.5 Å². The molecule has 2 amide bonds. The molecule has 0 radical (unpaired) electrons. The fourth-order valence-corrected chi connectivity index (χ4v) is 14.9. The fraction of sp³-hybridized carbons (Fsp3) is 0.462. The Morgan fingerprint density at radius 2 is 0.830 bits per heavy atom. The van der Waals surface area contributed by atoms with Gasteiger partial charge >= 0.3 is 11.9 Å². The minimum Gasteiger partial charge on any atom is -0.494 e. The number of hydrogen-bond donors (Lipinski definition) is 2. The summed E-state index contributed by atoms with van der Waals surface area (Å²) in [4.78, 5) is 95.4. The number of benzene rings is 4. The van der Waals surface area contributed by atoms with Crippen molar-refractivity contribution < 1.29 is 38.1 Å². The maximum Gasteiger partial charge on any atom is 0.307 e. The van der Waals surface area contributed by atoms with E-state index in [1.54, 1.807) is 34.8 Å². The van der Waals surface area contributed by atoms with Gasteiger partial charge in [-0.3, -0.25) is 47.7 Å². The van der Waals surface area contributed by atoms with Crippen molar-refractivity contribution in [2.24, 2.45) is 0 Å². The molecule has 2 N–H and O–H groups in total. The minimum atomic E-state index is -0.340. The second-order valence-corrected chi connectivity index (χ2v) is 28.1. The van der Waals surface area contributed by atoms with Crippen molar-refractivity contribution in [2.75, 3.05) is 102 Å². The lowest BCUT2D eigenvalue weighted by Crippen LogP contribution is -2.46. The van der Waals surface area contributed by atoms with E-state index in [0.29, 0.717) is 61.7 Å². The summed E-state index contributed by atoms with van der Waals surface area (Å²) in [5, 5.41) is 14.5. The van der Waals surface area contributed by atoms with Crippen LogP contribution < -0.4 is 41.0 Å². The molecule has 530 valence electrons. The van der Waals surface area contributed by atoms with Gasteiger partial charge < -0.3 is 39.4 Å². The van der Waals surface area contributed by atoms with Crippen LogP contribution in [0.4, 0.5) is 11.4 Å². The highest BCUT2D eigenvalue weighted by molar-refractivity contribution is 7.17. The number of unbranched alkanes of at least 4 members (excludes halogenated alkanes) is 14. The van der Waals surface area contributed by atoms with Crippen LogP contribution in [0.2, 0.25) is 0 Å². The first-order valence-corrected chi connectivity index (χ1v) is 38.0. The van der Waals surface area contributed by atoms with Gasteiger partial charge in [-0.2, -0.15) is 0 Å². The highest BCUT2D eigenvalue weighted by Crippen LogP contribution is 2.33. The van der Waals surface area contributed by atoms with Crippen molar-refractivity contribution in [3.8, 4) is 11.5 Å². The molecule has 0 bridgehead atoms. The lowest BCUT2D eigenvalue weighted by molar-refractivity contribution is -0.148. The molecule has 2 saturated heterocycles. The molecule has 0 unspecified atom stereocenters. The summed E-state index contributed by atoms with van der Waals surface area (Å²) < 4.78 is 29.1. The molecule has 0 saturated carbocycles. The Balaban J connectivity index is 0.465. The highest BCUT2D eigenvalue weighted by atomic mass is 32.1. The summed E-state index contributed by atoms with van der Waals surface area (Å²) in [6.45, 7) is 12.2. The number of piperazine rings is 2. The van der Waals surface area contributed by atoms with Gasteiger partial charge in [-0.25, -0.2) is 9.97 Å². The number of rotatable bonds is 40. The number of anilines is 2. The normalized spacial score (nSPS) is 13.7. The van der Waals surface area contributed by atoms with Crippen LogP contribution in [0.3, 0.4) is 0 Å². The quantitative estimate of drug-likeness (QED) is 0.0270. The van der Waals surface area contributed by atoms with E-state index < -0.39 is 0 Å². The van der Waals surface area contributed by atoms with Crippen LogP contribution in [0, 0.1) is 0 Å². The average molecular weight is 1400 g/mol. The molecule has 11 rings (SSSR count). The molecule has 2 aliphatic rings. The predicted octanol–water partition coefficient (Wildman–Crippen LogP) is 13.6. The van der Waals surface area contributed by atoms with Gasteiger partial charge in [0.1, 0.15) is 22.9 Å². The summed E-state index contributed by atoms with van der Waals surface area (Å²) in [6.07, 6.45) is 19.8. The molecular formula is C78H96N10O10S2. The second kappa shape index (κ2) is 38.2. The summed E-state index contributed by atoms with van der Waals surface area (Å²) >= 11 is 3.59. The zero-order valence-electron chi connectivity index (χ0n) is 57.6. The summed E-state index contributed by atoms with van der Waals surface area (Å²) in [5.74, 6) is 0.00890. The Morgan fingerprint density at radius 3 is 1.25 bits per heavy atom. The number of ether oxygens (including phenoxy) is 4. The Hall–Kier alpha value is -8.70. The topological polar surface area (TPSA) is 212 Å². The van der Waals surface area contributed by atoms with Crippen molar-refractivity contribution in [2.45, 2.75) is 142 Å². The molecule has 100 heavy (non-hydrogen) atoms. The van der Waals surface area contributed by atoms with Gasteiger partial charge in [0, 0.05) is 134 Å². The SMILES string of the molecule is O=C(CCCCCCCCCNC(=O)c1cnc(C(=O)NCCCCCCCCCC(=O)OCn2c(=O)ccc3ccc(OCCCCN4CCN(c5cccc6sccc56)CC4)cc32)cn1)OCn1c(=O)ccc2ccc(OCCCCN3CCN(c4cccc5sccc45)CC3)cc21. The van der Waals surface area contributed by atoms with Crippen LogP contribution in [0.5, 0.6) is 11.5 Å². The first kappa shape index (κ1) is 72.5. The van der Waals surface area contributed by atoms with Gasteiger partial charge in [0.2, 0.25) is 0 Å². The van der Waals surface area contributed by atoms with Crippen LogP contribution in [-0.2, 0) is 32.5 Å². The van der Waals surface area contributed by atoms with Crippen molar-refractivity contribution >= 4 is 99.8 Å². The third-order valence-corrected chi connectivity index (χ3v) is 20.9. The average Bonchev–Trinajstić information content (AvgIpc) is 1.35. The zero-order valence-corrected chi connectivity index (χ0v) is 59.3. The third kappa shape index (κ3) is 21.2. The Morgan fingerprint density at radius 1 is 0.430 bits per heavy atom. The molecule has 0 aliphatic carbocycles. The van der Waals surface area contributed by atoms with Crippen LogP contribution in [0.25, 0.3) is 42.0 Å². The zero-order chi connectivity index (χ0) is 69.1. The number of carbonyl (C=O) groups excluding carboxylic acids is 4. The highest BCUT2D eigenvalue weighted by Gasteiger charge is 2.22. The number of nitrogens with one attached hydrogen (secondary N) is 2. The molecule has 0 atom stereocenters. The lowest BCUT2D eigenvalue weighted by atomic mass is 10.1. The van der Waals surface area contributed by atoms with E-state index in [1.165, 1.54) is 65.2 Å². The number of thiophene rings is 2. The number of fused-ring (bicyclic) bond motifs is 4. The molecular weight excluding hydrogens is 1300 g/mol. The monoisotopic (exact) mass is 1400 g/mol. The van der Waals surface area contributed by atoms with Gasteiger partial charge in [-0.05, 0) is 159 Å². The van der Waals surface area contributed by atoms with Gasteiger partial charge in [0.25, 0.3) is 22.9 Å². The van der Waals surface area contributed by atoms with Gasteiger partial charge in [-0.15, -0.1) is 22.7 Å². The molecule has 2 aliphatic heterocycles. The first-order valence-electron chi connectivity index (χ1n) is 36.2. The fourth-order valence-electron chi connectivity index (χ4n) is 13.3. The van der Waals surface area contributed by atoms with E-state index in [1.807, 2.05) is 36.4 Å². The van der Waals surface area contributed by atoms with Crippen molar-refractivity contribution in [1.29, 1.82) is 0 Å². The number of hydrogen-bond acceptors (Lipinski definition) is 18. The van der Waals surface area contributed by atoms with Gasteiger partial charge in [0.05, 0.1) is 36.6 Å². The number of aromatic nitrogens is 4. The Bertz CT molecular complexity index is 3970. The summed E-state index contributed by atoms with van der Waals surface area (Å²) in [5.41, 5.74) is 3.82. The van der Waals surface area contributed by atoms with Crippen LogP contribution in [-0.4, -0.2) is 144 Å². The van der Waals surface area contributed by atoms with Crippen molar-refractivity contribution in [3.63, 3.8) is 0 Å². The van der Waals surface area contributed by atoms with E-state index in [-0.39, 0.29) is 72.6 Å². The first-order chi connectivity index (χ1) is 49.1. The number of esters is 2. The smallest absolute Gasteiger partial charge is 0.307 e. The molecule has 7 heterocycles. The Labute approximate surface area is 593 Å². The van der Waals surface area contributed by atoms with E-state index in [4.69, 9.17) is 18.9 Å². The number of nitrogens with zero attached hydrogens (tertiary/aromatic N) is 8. The number of amides is 2. The van der Waals surface area contributed by atoms with Gasteiger partial charge in [-0.1, -0.05) is 76.3 Å². The maximum atomic E-state index is 13.0. The van der Waals surface area contributed by atoms with E-state index in [9.17, 15) is 28.8 Å².